The van der Waals surface area contributed by atoms with Crippen LogP contribution in [-0.4, -0.2) is 37.7 Å². The molecule has 0 aromatic heterocycles. The summed E-state index contributed by atoms with van der Waals surface area (Å²) in [5.41, 5.74) is 0.386. The van der Waals surface area contributed by atoms with Crippen molar-refractivity contribution in [1.82, 2.24) is 4.31 Å². The Morgan fingerprint density at radius 2 is 1.75 bits per heavy atom. The van der Waals surface area contributed by atoms with Gasteiger partial charge in [0.05, 0.1) is 12.3 Å². The van der Waals surface area contributed by atoms with Gasteiger partial charge in [-0.1, -0.05) is 51.7 Å². The second kappa shape index (κ2) is 10.6. The van der Waals surface area contributed by atoms with Crippen molar-refractivity contribution in [2.24, 2.45) is 10.9 Å². The number of hydrogen-bond acceptors (Lipinski definition) is 5. The largest absolute Gasteiger partial charge is 0.466 e. The quantitative estimate of drug-likeness (QED) is 0.499. The number of unbranched alkanes of at least 4 members (excludes halogenated alkanes) is 2. The van der Waals surface area contributed by atoms with E-state index in [1.807, 2.05) is 0 Å². The Bertz CT molecular complexity index is 781. The van der Waals surface area contributed by atoms with Crippen LogP contribution in [-0.2, 0) is 19.6 Å². The fraction of sp³-hybridized carbons (Fsp3) is 0.619. The van der Waals surface area contributed by atoms with E-state index in [0.717, 1.165) is 38.5 Å². The van der Waals surface area contributed by atoms with Crippen molar-refractivity contribution in [1.29, 1.82) is 0 Å². The van der Waals surface area contributed by atoms with Crippen molar-refractivity contribution < 1.29 is 17.9 Å². The number of fused-ring (bicyclic) bond motifs is 1. The summed E-state index contributed by atoms with van der Waals surface area (Å²) in [7, 11) is -3.74. The van der Waals surface area contributed by atoms with Gasteiger partial charge in [0, 0.05) is 6.54 Å². The highest BCUT2D eigenvalue weighted by Gasteiger charge is 2.36. The van der Waals surface area contributed by atoms with Crippen LogP contribution >= 0.6 is 0 Å². The molecule has 2 rings (SSSR count). The van der Waals surface area contributed by atoms with E-state index < -0.39 is 16.0 Å². The molecule has 1 aromatic carbocycles. The smallest absolute Gasteiger partial charge is 0.313 e. The zero-order valence-corrected chi connectivity index (χ0v) is 18.0. The van der Waals surface area contributed by atoms with Crippen molar-refractivity contribution in [2.75, 3.05) is 13.2 Å². The average molecular weight is 409 g/mol. The van der Waals surface area contributed by atoms with Gasteiger partial charge in [0.2, 0.25) is 0 Å². The molecule has 156 valence electrons. The lowest BCUT2D eigenvalue weighted by atomic mass is 9.96. The van der Waals surface area contributed by atoms with Gasteiger partial charge in [-0.05, 0) is 37.8 Å². The molecule has 0 unspecified atom stereocenters. The molecule has 0 spiro atoms. The van der Waals surface area contributed by atoms with Crippen LogP contribution in [0.2, 0.25) is 0 Å². The molecule has 6 nitrogen and oxygen atoms in total. The van der Waals surface area contributed by atoms with Gasteiger partial charge < -0.3 is 4.74 Å². The molecular weight excluding hydrogens is 376 g/mol. The number of rotatable bonds is 11. The molecule has 0 bridgehead atoms. The van der Waals surface area contributed by atoms with E-state index in [1.165, 1.54) is 4.31 Å². The maximum Gasteiger partial charge on any atom is 0.313 e. The normalized spacial score (nSPS) is 15.3. The van der Waals surface area contributed by atoms with Gasteiger partial charge in [-0.25, -0.2) is 13.4 Å². The van der Waals surface area contributed by atoms with Crippen molar-refractivity contribution >= 4 is 27.5 Å². The Kier molecular flexibility index (Phi) is 8.48. The third-order valence-corrected chi connectivity index (χ3v) is 6.78. The fourth-order valence-corrected chi connectivity index (χ4v) is 5.10. The van der Waals surface area contributed by atoms with Crippen LogP contribution in [0.15, 0.2) is 34.2 Å². The first-order valence-electron chi connectivity index (χ1n) is 10.3. The SMILES string of the molecule is CCCCC(CCCC)CN1C(CC(=O)OCC)=Nc2ccccc2S1(=O)=O. The van der Waals surface area contributed by atoms with E-state index in [0.29, 0.717) is 12.2 Å². The lowest BCUT2D eigenvalue weighted by Crippen LogP contribution is -2.43. The van der Waals surface area contributed by atoms with Gasteiger partial charge >= 0.3 is 5.97 Å². The van der Waals surface area contributed by atoms with Crippen LogP contribution in [0.25, 0.3) is 0 Å². The molecule has 0 saturated heterocycles. The van der Waals surface area contributed by atoms with Gasteiger partial charge in [-0.2, -0.15) is 0 Å². The number of nitrogens with zero attached hydrogens (tertiary/aromatic N) is 2. The summed E-state index contributed by atoms with van der Waals surface area (Å²) in [6.45, 7) is 6.62. The number of amidine groups is 1. The average Bonchev–Trinajstić information content (AvgIpc) is 2.66. The molecule has 28 heavy (non-hydrogen) atoms. The number of carbonyl (C=O) groups is 1. The monoisotopic (exact) mass is 408 g/mol. The Balaban J connectivity index is 2.37. The first-order chi connectivity index (χ1) is 13.4. The molecule has 1 aromatic rings. The highest BCUT2D eigenvalue weighted by atomic mass is 32.2. The number of aliphatic imine (C=N–C) groups is 1. The lowest BCUT2D eigenvalue weighted by Gasteiger charge is -2.32. The van der Waals surface area contributed by atoms with Crippen LogP contribution in [0.4, 0.5) is 5.69 Å². The second-order valence-electron chi connectivity index (χ2n) is 7.16. The number of para-hydroxylation sites is 1. The Labute approximate surface area is 169 Å². The van der Waals surface area contributed by atoms with Crippen LogP contribution in [0, 0.1) is 5.92 Å². The minimum Gasteiger partial charge on any atom is -0.466 e. The molecule has 7 heteroatoms. The predicted octanol–water partition coefficient (Wildman–Crippen LogP) is 4.67. The molecule has 0 atom stereocenters. The summed E-state index contributed by atoms with van der Waals surface area (Å²) < 4.78 is 33.1. The predicted molar refractivity (Wildman–Crippen MR) is 111 cm³/mol. The second-order valence-corrected chi connectivity index (χ2v) is 8.99. The van der Waals surface area contributed by atoms with Gasteiger partial charge in [0.25, 0.3) is 10.0 Å². The number of esters is 1. The molecule has 0 fully saturated rings. The summed E-state index contributed by atoms with van der Waals surface area (Å²) in [4.78, 5) is 16.8. The van der Waals surface area contributed by atoms with E-state index in [9.17, 15) is 13.2 Å². The zero-order chi connectivity index (χ0) is 20.6. The standard InChI is InChI=1S/C21H32N2O4S/c1-4-7-11-17(12-8-5-2)16-23-20(15-21(24)27-6-3)22-18-13-9-10-14-19(18)28(23,25)26/h9-10,13-14,17H,4-8,11-12,15-16H2,1-3H3. The fourth-order valence-electron chi connectivity index (χ4n) is 3.44. The first kappa shape index (κ1) is 22.4. The molecule has 0 amide bonds. The number of sulfonamides is 1. The Morgan fingerprint density at radius 1 is 1.11 bits per heavy atom. The molecule has 0 aliphatic carbocycles. The molecule has 1 heterocycles. The maximum absolute atomic E-state index is 13.3. The van der Waals surface area contributed by atoms with Gasteiger partial charge in [0.15, 0.2) is 0 Å². The van der Waals surface area contributed by atoms with Crippen molar-refractivity contribution in [3.8, 4) is 0 Å². The van der Waals surface area contributed by atoms with E-state index in [2.05, 4.69) is 18.8 Å². The third kappa shape index (κ3) is 5.56. The number of carbonyl (C=O) groups excluding carboxylic acids is 1. The number of benzene rings is 1. The highest BCUT2D eigenvalue weighted by molar-refractivity contribution is 7.90. The third-order valence-electron chi connectivity index (χ3n) is 4.93. The lowest BCUT2D eigenvalue weighted by molar-refractivity contribution is -0.141. The van der Waals surface area contributed by atoms with Crippen molar-refractivity contribution in [3.05, 3.63) is 24.3 Å². The van der Waals surface area contributed by atoms with Gasteiger partial charge in [-0.15, -0.1) is 0 Å². The Hall–Kier alpha value is -1.89. The molecule has 0 saturated carbocycles. The minimum absolute atomic E-state index is 0.143. The first-order valence-corrected chi connectivity index (χ1v) is 11.7. The number of ether oxygens (including phenoxy) is 1. The maximum atomic E-state index is 13.3. The summed E-state index contributed by atoms with van der Waals surface area (Å²) in [5.74, 6) is 0.0435. The summed E-state index contributed by atoms with van der Waals surface area (Å²) >= 11 is 0. The molecule has 0 N–H and O–H groups in total. The van der Waals surface area contributed by atoms with E-state index in [4.69, 9.17) is 4.74 Å². The van der Waals surface area contributed by atoms with Crippen LogP contribution < -0.4 is 0 Å². The van der Waals surface area contributed by atoms with Gasteiger partial charge in [-0.3, -0.25) is 9.10 Å². The number of hydrogen-bond donors (Lipinski definition) is 0. The van der Waals surface area contributed by atoms with Crippen molar-refractivity contribution in [2.45, 2.75) is 70.6 Å². The topological polar surface area (TPSA) is 76.0 Å². The molecule has 0 radical (unpaired) electrons. The van der Waals surface area contributed by atoms with Crippen LogP contribution in [0.3, 0.4) is 0 Å². The van der Waals surface area contributed by atoms with Crippen molar-refractivity contribution in [3.63, 3.8) is 0 Å². The minimum atomic E-state index is -3.74. The van der Waals surface area contributed by atoms with E-state index >= 15 is 0 Å². The van der Waals surface area contributed by atoms with E-state index in [-0.39, 0.29) is 29.7 Å². The van der Waals surface area contributed by atoms with Crippen LogP contribution in [0.1, 0.15) is 65.7 Å². The van der Waals surface area contributed by atoms with E-state index in [1.54, 1.807) is 31.2 Å². The Morgan fingerprint density at radius 3 is 2.36 bits per heavy atom. The van der Waals surface area contributed by atoms with Gasteiger partial charge in [0.1, 0.15) is 17.2 Å². The zero-order valence-electron chi connectivity index (χ0n) is 17.2. The summed E-state index contributed by atoms with van der Waals surface area (Å²) in [6, 6.07) is 6.70. The molecule has 1 aliphatic heterocycles. The summed E-state index contributed by atoms with van der Waals surface area (Å²) in [5, 5.41) is 0. The summed E-state index contributed by atoms with van der Waals surface area (Å²) in [6.07, 6.45) is 6.06. The molecule has 1 aliphatic rings. The molecular formula is C21H32N2O4S. The van der Waals surface area contributed by atoms with Crippen LogP contribution in [0.5, 0.6) is 0 Å². The highest BCUT2D eigenvalue weighted by Crippen LogP contribution is 2.34.